The number of nitro groups is 1. The van der Waals surface area contributed by atoms with Gasteiger partial charge in [0.05, 0.1) is 18.6 Å². The molecule has 5 unspecified atom stereocenters. The Morgan fingerprint density at radius 3 is 2.12 bits per heavy atom. The van der Waals surface area contributed by atoms with Gasteiger partial charge in [-0.3, -0.25) is 38.7 Å². The number of benzene rings is 1. The van der Waals surface area contributed by atoms with E-state index in [-0.39, 0.29) is 11.3 Å². The van der Waals surface area contributed by atoms with E-state index < -0.39 is 89.5 Å². The van der Waals surface area contributed by atoms with Gasteiger partial charge in [-0.05, 0) is 11.6 Å². The van der Waals surface area contributed by atoms with Gasteiger partial charge < -0.3 is 28.4 Å². The lowest BCUT2D eigenvalue weighted by Crippen LogP contribution is -2.62. The van der Waals surface area contributed by atoms with Gasteiger partial charge in [-0.25, -0.2) is 4.79 Å². The number of aromatic nitrogens is 3. The van der Waals surface area contributed by atoms with Crippen LogP contribution < -0.4 is 16.0 Å². The summed E-state index contributed by atoms with van der Waals surface area (Å²) in [4.78, 5) is 84.8. The Hall–Kier alpha value is -5.13. The predicted molar refractivity (Wildman–Crippen MR) is 139 cm³/mol. The van der Waals surface area contributed by atoms with Crippen molar-refractivity contribution in [1.29, 1.82) is 0 Å². The molecule has 0 amide bonds. The Balaban J connectivity index is 2.16. The number of hydrogen-bond donors (Lipinski definition) is 0. The third kappa shape index (κ3) is 7.79. The number of methoxy groups -OCH3 is 1. The summed E-state index contributed by atoms with van der Waals surface area (Å²) in [7, 11) is 1.24. The summed E-state index contributed by atoms with van der Waals surface area (Å²) in [5.74, 6) is -3.45. The maximum atomic E-state index is 13.6. The minimum absolute atomic E-state index is 0.0502. The summed E-state index contributed by atoms with van der Waals surface area (Å²) >= 11 is 0. The van der Waals surface area contributed by atoms with Gasteiger partial charge in [0.2, 0.25) is 0 Å². The van der Waals surface area contributed by atoms with Crippen LogP contribution in [-0.4, -0.2) is 81.3 Å². The summed E-state index contributed by atoms with van der Waals surface area (Å²) < 4.78 is 33.2. The smallest absolute Gasteiger partial charge is 0.350 e. The zero-order chi connectivity index (χ0) is 32.0. The Labute approximate surface area is 242 Å². The zero-order valence-corrected chi connectivity index (χ0v) is 23.6. The molecule has 2 heterocycles. The van der Waals surface area contributed by atoms with E-state index in [0.29, 0.717) is 9.25 Å². The first-order valence-corrected chi connectivity index (χ1v) is 12.5. The van der Waals surface area contributed by atoms with E-state index in [1.807, 2.05) is 0 Å². The molecule has 0 bridgehead atoms. The molecular formula is C25H28N4O14. The van der Waals surface area contributed by atoms with E-state index >= 15 is 0 Å². The quantitative estimate of drug-likeness (QED) is 0.145. The lowest BCUT2D eigenvalue weighted by atomic mass is 9.97. The summed E-state index contributed by atoms with van der Waals surface area (Å²) in [6, 6.07) is 3.80. The summed E-state index contributed by atoms with van der Waals surface area (Å²) in [5.41, 5.74) is -2.26. The molecule has 0 N–H and O–H groups in total. The van der Waals surface area contributed by atoms with Crippen LogP contribution in [-0.2, 0) is 49.4 Å². The number of esters is 4. The van der Waals surface area contributed by atoms with Crippen molar-refractivity contribution in [3.8, 4) is 5.75 Å². The van der Waals surface area contributed by atoms with Gasteiger partial charge in [0, 0.05) is 33.8 Å². The van der Waals surface area contributed by atoms with E-state index in [4.69, 9.17) is 28.4 Å². The van der Waals surface area contributed by atoms with Crippen molar-refractivity contribution in [1.82, 2.24) is 14.3 Å². The van der Waals surface area contributed by atoms with Gasteiger partial charge in [-0.1, -0.05) is 6.07 Å². The fraction of sp³-hybridized carbons (Fsp3) is 0.480. The molecule has 18 heteroatoms. The van der Waals surface area contributed by atoms with E-state index in [0.717, 1.165) is 40.0 Å². The Bertz CT molecular complexity index is 1530. The van der Waals surface area contributed by atoms with Crippen molar-refractivity contribution < 1.29 is 52.5 Å². The third-order valence-corrected chi connectivity index (χ3v) is 5.97. The van der Waals surface area contributed by atoms with Crippen molar-refractivity contribution in [2.24, 2.45) is 0 Å². The second-order valence-electron chi connectivity index (χ2n) is 9.15. The molecule has 1 aromatic heterocycles. The van der Waals surface area contributed by atoms with Crippen LogP contribution >= 0.6 is 0 Å². The van der Waals surface area contributed by atoms with Crippen LogP contribution in [0.15, 0.2) is 34.0 Å². The molecule has 0 aliphatic carbocycles. The Kier molecular flexibility index (Phi) is 10.3. The number of rotatable bonds is 10. The maximum Gasteiger partial charge on any atom is 0.350 e. The number of carbonyl (C=O) groups is 4. The molecule has 1 aromatic carbocycles. The molecule has 18 nitrogen and oxygen atoms in total. The van der Waals surface area contributed by atoms with Gasteiger partial charge in [0.25, 0.3) is 5.56 Å². The number of hydrogen-bond acceptors (Lipinski definition) is 15. The molecular weight excluding hydrogens is 580 g/mol. The Morgan fingerprint density at radius 2 is 1.56 bits per heavy atom. The van der Waals surface area contributed by atoms with Gasteiger partial charge in [0.1, 0.15) is 18.9 Å². The molecule has 43 heavy (non-hydrogen) atoms. The molecule has 0 radical (unpaired) electrons. The highest BCUT2D eigenvalue weighted by molar-refractivity contribution is 5.68. The molecule has 0 saturated carbocycles. The first-order valence-electron chi connectivity index (χ1n) is 12.5. The SMILES string of the molecule is COc1ccc(Cn2c(=O)cnn(C3OC(COC(C)=O)C(OC(C)=O)C(OC(C)=O)C3OC(C)=O)c2=O)cc1[N+](=O)[O-]. The van der Waals surface area contributed by atoms with Crippen LogP contribution in [0.1, 0.15) is 39.5 Å². The average molecular weight is 609 g/mol. The molecule has 0 spiro atoms. The average Bonchev–Trinajstić information content (AvgIpc) is 2.91. The zero-order valence-electron chi connectivity index (χ0n) is 23.6. The lowest BCUT2D eigenvalue weighted by Gasteiger charge is -2.44. The van der Waals surface area contributed by atoms with Crippen molar-refractivity contribution in [2.75, 3.05) is 13.7 Å². The standard InChI is InChI=1S/C25H28N4O14/c1-12(30)39-11-19-21(40-13(2)31)22(41-14(3)32)23(42-15(4)33)24(43-19)28-25(35)27(20(34)9-26-28)10-16-6-7-18(38-5)17(8-16)29(36)37/h6-9,19,21-24H,10-11H2,1-5H3. The third-order valence-electron chi connectivity index (χ3n) is 5.97. The molecule has 1 saturated heterocycles. The normalized spacial score (nSPS) is 21.3. The topological polar surface area (TPSA) is 224 Å². The minimum Gasteiger partial charge on any atom is -0.490 e. The number of ether oxygens (including phenoxy) is 6. The summed E-state index contributed by atoms with van der Waals surface area (Å²) in [5, 5.41) is 15.3. The van der Waals surface area contributed by atoms with Crippen molar-refractivity contribution in [3.05, 3.63) is 60.9 Å². The molecule has 1 aliphatic rings. The molecule has 232 valence electrons. The highest BCUT2D eigenvalue weighted by atomic mass is 16.7. The molecule has 2 aromatic rings. The van der Waals surface area contributed by atoms with E-state index in [1.165, 1.54) is 19.2 Å². The maximum absolute atomic E-state index is 13.6. The minimum atomic E-state index is -1.72. The van der Waals surface area contributed by atoms with Crippen molar-refractivity contribution in [2.45, 2.75) is 64.9 Å². The molecule has 5 atom stereocenters. The molecule has 3 rings (SSSR count). The van der Waals surface area contributed by atoms with Crippen LogP contribution in [0.5, 0.6) is 5.75 Å². The van der Waals surface area contributed by atoms with Crippen LogP contribution in [0, 0.1) is 10.1 Å². The van der Waals surface area contributed by atoms with Crippen molar-refractivity contribution >= 4 is 29.6 Å². The summed E-state index contributed by atoms with van der Waals surface area (Å²) in [6.07, 6.45) is -7.10. The van der Waals surface area contributed by atoms with Crippen LogP contribution in [0.4, 0.5) is 5.69 Å². The monoisotopic (exact) mass is 608 g/mol. The molecule has 1 fully saturated rings. The van der Waals surface area contributed by atoms with Gasteiger partial charge >= 0.3 is 35.3 Å². The first kappa shape index (κ1) is 32.4. The predicted octanol–water partition coefficient (Wildman–Crippen LogP) is -0.374. The van der Waals surface area contributed by atoms with Gasteiger partial charge in [-0.2, -0.15) is 9.78 Å². The Morgan fingerprint density at radius 1 is 0.953 bits per heavy atom. The van der Waals surface area contributed by atoms with Crippen molar-refractivity contribution in [3.63, 3.8) is 0 Å². The van der Waals surface area contributed by atoms with Gasteiger partial charge in [0.15, 0.2) is 30.3 Å². The molecule has 1 aliphatic heterocycles. The van der Waals surface area contributed by atoms with E-state index in [2.05, 4.69) is 5.10 Å². The highest BCUT2D eigenvalue weighted by Crippen LogP contribution is 2.34. The van der Waals surface area contributed by atoms with Crippen LogP contribution in [0.2, 0.25) is 0 Å². The van der Waals surface area contributed by atoms with Crippen LogP contribution in [0.3, 0.4) is 0 Å². The largest absolute Gasteiger partial charge is 0.490 e. The fourth-order valence-corrected chi connectivity index (χ4v) is 4.33. The number of nitro benzene ring substituents is 1. The first-order chi connectivity index (χ1) is 20.2. The van der Waals surface area contributed by atoms with E-state index in [9.17, 15) is 38.9 Å². The number of carbonyl (C=O) groups excluding carboxylic acids is 4. The second-order valence-corrected chi connectivity index (χ2v) is 9.15. The second kappa shape index (κ2) is 13.7. The summed E-state index contributed by atoms with van der Waals surface area (Å²) in [6.45, 7) is 3.17. The van der Waals surface area contributed by atoms with E-state index in [1.54, 1.807) is 0 Å². The van der Waals surface area contributed by atoms with Crippen LogP contribution in [0.25, 0.3) is 0 Å². The number of nitrogens with zero attached hydrogens (tertiary/aromatic N) is 4. The van der Waals surface area contributed by atoms with Gasteiger partial charge in [-0.15, -0.1) is 0 Å². The fourth-order valence-electron chi connectivity index (χ4n) is 4.33. The highest BCUT2D eigenvalue weighted by Gasteiger charge is 2.53. The lowest BCUT2D eigenvalue weighted by molar-refractivity contribution is -0.385.